The van der Waals surface area contributed by atoms with Crippen LogP contribution in [0.1, 0.15) is 25.7 Å². The SMILES string of the molecule is NC(C=O)C1CCCC1. The minimum absolute atomic E-state index is 0.188. The van der Waals surface area contributed by atoms with Crippen molar-refractivity contribution in [3.63, 3.8) is 0 Å². The van der Waals surface area contributed by atoms with Gasteiger partial charge in [-0.25, -0.2) is 0 Å². The molecule has 0 bridgehead atoms. The maximum Gasteiger partial charge on any atom is 0.136 e. The third-order valence-corrected chi connectivity index (χ3v) is 2.10. The summed E-state index contributed by atoms with van der Waals surface area (Å²) in [6, 6.07) is -0.188. The van der Waals surface area contributed by atoms with Gasteiger partial charge in [-0.3, -0.25) is 0 Å². The highest BCUT2D eigenvalue weighted by atomic mass is 16.1. The topological polar surface area (TPSA) is 43.1 Å². The molecular weight excluding hydrogens is 114 g/mol. The van der Waals surface area contributed by atoms with Crippen molar-refractivity contribution in [1.82, 2.24) is 0 Å². The zero-order chi connectivity index (χ0) is 6.69. The summed E-state index contributed by atoms with van der Waals surface area (Å²) in [4.78, 5) is 10.2. The van der Waals surface area contributed by atoms with E-state index in [0.29, 0.717) is 5.92 Å². The van der Waals surface area contributed by atoms with E-state index in [0.717, 1.165) is 19.1 Å². The minimum Gasteiger partial charge on any atom is -0.322 e. The number of hydrogen-bond acceptors (Lipinski definition) is 2. The molecule has 0 spiro atoms. The molecule has 0 heterocycles. The maximum absolute atomic E-state index is 10.2. The maximum atomic E-state index is 10.2. The van der Waals surface area contributed by atoms with Crippen molar-refractivity contribution >= 4 is 6.29 Å². The van der Waals surface area contributed by atoms with Crippen LogP contribution in [0.25, 0.3) is 0 Å². The van der Waals surface area contributed by atoms with Gasteiger partial charge in [-0.15, -0.1) is 0 Å². The average Bonchev–Trinajstić information content (AvgIpc) is 2.37. The van der Waals surface area contributed by atoms with Crippen LogP contribution >= 0.6 is 0 Å². The summed E-state index contributed by atoms with van der Waals surface area (Å²) in [5.41, 5.74) is 5.51. The van der Waals surface area contributed by atoms with Gasteiger partial charge in [-0.05, 0) is 18.8 Å². The molecule has 2 heteroatoms. The van der Waals surface area contributed by atoms with Gasteiger partial charge in [0.25, 0.3) is 0 Å². The molecule has 1 aliphatic carbocycles. The van der Waals surface area contributed by atoms with Crippen molar-refractivity contribution in [3.05, 3.63) is 0 Å². The van der Waals surface area contributed by atoms with Gasteiger partial charge in [0.2, 0.25) is 0 Å². The first kappa shape index (κ1) is 6.75. The largest absolute Gasteiger partial charge is 0.322 e. The number of carbonyl (C=O) groups excluding carboxylic acids is 1. The summed E-state index contributed by atoms with van der Waals surface area (Å²) in [6.07, 6.45) is 5.69. The lowest BCUT2D eigenvalue weighted by Gasteiger charge is -2.10. The molecule has 0 aromatic rings. The van der Waals surface area contributed by atoms with Gasteiger partial charge >= 0.3 is 0 Å². The van der Waals surface area contributed by atoms with Crippen molar-refractivity contribution < 1.29 is 4.79 Å². The highest BCUT2D eigenvalue weighted by molar-refractivity contribution is 5.57. The molecule has 0 aromatic heterocycles. The molecule has 1 rings (SSSR count). The van der Waals surface area contributed by atoms with Crippen LogP contribution in [0.5, 0.6) is 0 Å². The standard InChI is InChI=1S/C7H13NO/c8-7(5-9)6-3-1-2-4-6/h5-7H,1-4,8H2. The predicted octanol–water partition coefficient (Wildman–Crippen LogP) is 0.703. The fraction of sp³-hybridized carbons (Fsp3) is 0.857. The Morgan fingerprint density at radius 1 is 1.44 bits per heavy atom. The smallest absolute Gasteiger partial charge is 0.136 e. The lowest BCUT2D eigenvalue weighted by atomic mass is 10.0. The molecule has 1 saturated carbocycles. The highest BCUT2D eigenvalue weighted by Crippen LogP contribution is 2.25. The lowest BCUT2D eigenvalue weighted by Crippen LogP contribution is -2.29. The van der Waals surface area contributed by atoms with Crippen LogP contribution in [-0.4, -0.2) is 12.3 Å². The second kappa shape index (κ2) is 2.97. The van der Waals surface area contributed by atoms with Crippen molar-refractivity contribution in [1.29, 1.82) is 0 Å². The quantitative estimate of drug-likeness (QED) is 0.555. The van der Waals surface area contributed by atoms with Crippen molar-refractivity contribution in [2.24, 2.45) is 11.7 Å². The highest BCUT2D eigenvalue weighted by Gasteiger charge is 2.20. The molecule has 1 fully saturated rings. The van der Waals surface area contributed by atoms with Gasteiger partial charge in [0, 0.05) is 0 Å². The van der Waals surface area contributed by atoms with E-state index in [1.165, 1.54) is 12.8 Å². The van der Waals surface area contributed by atoms with E-state index < -0.39 is 0 Å². The van der Waals surface area contributed by atoms with E-state index in [-0.39, 0.29) is 6.04 Å². The summed E-state index contributed by atoms with van der Waals surface area (Å²) >= 11 is 0. The number of rotatable bonds is 2. The van der Waals surface area contributed by atoms with Crippen LogP contribution in [0.2, 0.25) is 0 Å². The molecule has 0 saturated heterocycles. The molecule has 9 heavy (non-hydrogen) atoms. The molecule has 0 radical (unpaired) electrons. The summed E-state index contributed by atoms with van der Waals surface area (Å²) < 4.78 is 0. The normalized spacial score (nSPS) is 24.1. The molecule has 0 amide bonds. The summed E-state index contributed by atoms with van der Waals surface area (Å²) in [5.74, 6) is 0.488. The monoisotopic (exact) mass is 127 g/mol. The second-order valence-electron chi connectivity index (χ2n) is 2.76. The van der Waals surface area contributed by atoms with Crippen LogP contribution < -0.4 is 5.73 Å². The Morgan fingerprint density at radius 2 is 2.00 bits per heavy atom. The Hall–Kier alpha value is -0.370. The number of aldehydes is 1. The summed E-state index contributed by atoms with van der Waals surface area (Å²) in [5, 5.41) is 0. The van der Waals surface area contributed by atoms with Gasteiger partial charge in [0.15, 0.2) is 0 Å². The fourth-order valence-electron chi connectivity index (χ4n) is 1.45. The van der Waals surface area contributed by atoms with Crippen molar-refractivity contribution in [2.45, 2.75) is 31.7 Å². The van der Waals surface area contributed by atoms with Gasteiger partial charge in [-0.2, -0.15) is 0 Å². The molecule has 0 aliphatic heterocycles. The van der Waals surface area contributed by atoms with E-state index in [1.54, 1.807) is 0 Å². The van der Waals surface area contributed by atoms with Crippen molar-refractivity contribution in [3.8, 4) is 0 Å². The Balaban J connectivity index is 2.32. The Kier molecular flexibility index (Phi) is 2.22. The number of nitrogens with two attached hydrogens (primary N) is 1. The molecule has 1 atom stereocenters. The van der Waals surface area contributed by atoms with Crippen LogP contribution in [0.3, 0.4) is 0 Å². The first-order valence-electron chi connectivity index (χ1n) is 3.55. The molecule has 0 aromatic carbocycles. The van der Waals surface area contributed by atoms with Crippen LogP contribution in [-0.2, 0) is 4.79 Å². The van der Waals surface area contributed by atoms with E-state index in [9.17, 15) is 4.79 Å². The number of hydrogen-bond donors (Lipinski definition) is 1. The van der Waals surface area contributed by atoms with Crippen molar-refractivity contribution in [2.75, 3.05) is 0 Å². The van der Waals surface area contributed by atoms with Gasteiger partial charge in [0.05, 0.1) is 6.04 Å². The minimum atomic E-state index is -0.188. The van der Waals surface area contributed by atoms with Crippen LogP contribution in [0, 0.1) is 5.92 Å². The van der Waals surface area contributed by atoms with E-state index >= 15 is 0 Å². The molecular formula is C7H13NO. The number of carbonyl (C=O) groups is 1. The van der Waals surface area contributed by atoms with E-state index in [1.807, 2.05) is 0 Å². The molecule has 2 nitrogen and oxygen atoms in total. The predicted molar refractivity (Wildman–Crippen MR) is 36.0 cm³/mol. The van der Waals surface area contributed by atoms with Gasteiger partial charge < -0.3 is 10.5 Å². The molecule has 2 N–H and O–H groups in total. The Labute approximate surface area is 55.4 Å². The lowest BCUT2D eigenvalue weighted by molar-refractivity contribution is -0.109. The summed E-state index contributed by atoms with van der Waals surface area (Å²) in [6.45, 7) is 0. The van der Waals surface area contributed by atoms with Crippen LogP contribution in [0.15, 0.2) is 0 Å². The Bertz CT molecular complexity index is 97.1. The first-order valence-corrected chi connectivity index (χ1v) is 3.55. The van der Waals surface area contributed by atoms with Crippen LogP contribution in [0.4, 0.5) is 0 Å². The first-order chi connectivity index (χ1) is 4.34. The molecule has 1 aliphatic rings. The summed E-state index contributed by atoms with van der Waals surface area (Å²) in [7, 11) is 0. The molecule has 52 valence electrons. The zero-order valence-corrected chi connectivity index (χ0v) is 5.55. The van der Waals surface area contributed by atoms with E-state index in [2.05, 4.69) is 0 Å². The molecule has 1 unspecified atom stereocenters. The Morgan fingerprint density at radius 3 is 2.44 bits per heavy atom. The van der Waals surface area contributed by atoms with Gasteiger partial charge in [-0.1, -0.05) is 12.8 Å². The third kappa shape index (κ3) is 1.52. The zero-order valence-electron chi connectivity index (χ0n) is 5.55. The van der Waals surface area contributed by atoms with E-state index in [4.69, 9.17) is 5.73 Å². The third-order valence-electron chi connectivity index (χ3n) is 2.10. The average molecular weight is 127 g/mol. The second-order valence-corrected chi connectivity index (χ2v) is 2.76. The fourth-order valence-corrected chi connectivity index (χ4v) is 1.45. The van der Waals surface area contributed by atoms with Gasteiger partial charge in [0.1, 0.15) is 6.29 Å².